The SMILES string of the molecule is COc1ccc(CCC2CCCCN2C(=O)CCC2CCNCC2)cc1OC. The van der Waals surface area contributed by atoms with Crippen LogP contribution >= 0.6 is 0 Å². The summed E-state index contributed by atoms with van der Waals surface area (Å²) in [5.74, 6) is 2.63. The highest BCUT2D eigenvalue weighted by Gasteiger charge is 2.27. The Bertz CT molecular complexity index is 628. The first kappa shape index (κ1) is 21.0. The summed E-state index contributed by atoms with van der Waals surface area (Å²) in [6.07, 6.45) is 9.70. The van der Waals surface area contributed by atoms with Gasteiger partial charge in [0.2, 0.25) is 5.91 Å². The molecule has 2 fully saturated rings. The van der Waals surface area contributed by atoms with Crippen molar-refractivity contribution in [3.05, 3.63) is 23.8 Å². The highest BCUT2D eigenvalue weighted by atomic mass is 16.5. The van der Waals surface area contributed by atoms with Gasteiger partial charge in [-0.3, -0.25) is 4.79 Å². The van der Waals surface area contributed by atoms with Gasteiger partial charge in [0.25, 0.3) is 0 Å². The van der Waals surface area contributed by atoms with Gasteiger partial charge in [0.05, 0.1) is 14.2 Å². The van der Waals surface area contributed by atoms with Crippen LogP contribution in [0.15, 0.2) is 18.2 Å². The van der Waals surface area contributed by atoms with Gasteiger partial charge in [0.1, 0.15) is 0 Å². The Morgan fingerprint density at radius 1 is 1.07 bits per heavy atom. The van der Waals surface area contributed by atoms with Crippen LogP contribution in [0.25, 0.3) is 0 Å². The molecule has 2 saturated heterocycles. The molecule has 5 nitrogen and oxygen atoms in total. The van der Waals surface area contributed by atoms with Crippen molar-refractivity contribution in [1.29, 1.82) is 0 Å². The number of rotatable bonds is 8. The van der Waals surface area contributed by atoms with Crippen LogP contribution in [0.5, 0.6) is 11.5 Å². The summed E-state index contributed by atoms with van der Waals surface area (Å²) in [5, 5.41) is 3.41. The average Bonchev–Trinajstić information content (AvgIpc) is 2.76. The van der Waals surface area contributed by atoms with Crippen LogP contribution in [-0.2, 0) is 11.2 Å². The minimum atomic E-state index is 0.371. The van der Waals surface area contributed by atoms with E-state index < -0.39 is 0 Å². The fourth-order valence-corrected chi connectivity index (χ4v) is 4.64. The molecule has 3 rings (SSSR count). The molecule has 0 saturated carbocycles. The van der Waals surface area contributed by atoms with E-state index in [1.54, 1.807) is 14.2 Å². The van der Waals surface area contributed by atoms with E-state index in [0.717, 1.165) is 75.6 Å². The lowest BCUT2D eigenvalue weighted by atomic mass is 9.91. The lowest BCUT2D eigenvalue weighted by Crippen LogP contribution is -2.44. The van der Waals surface area contributed by atoms with E-state index in [0.29, 0.717) is 11.9 Å². The van der Waals surface area contributed by atoms with Gasteiger partial charge in [0, 0.05) is 19.0 Å². The van der Waals surface area contributed by atoms with Gasteiger partial charge in [-0.2, -0.15) is 0 Å². The molecule has 28 heavy (non-hydrogen) atoms. The van der Waals surface area contributed by atoms with Gasteiger partial charge in [-0.15, -0.1) is 0 Å². The molecular weight excluding hydrogens is 352 g/mol. The molecule has 1 atom stereocenters. The molecule has 0 radical (unpaired) electrons. The maximum Gasteiger partial charge on any atom is 0.222 e. The zero-order valence-corrected chi connectivity index (χ0v) is 17.5. The Morgan fingerprint density at radius 3 is 2.61 bits per heavy atom. The molecule has 0 aromatic heterocycles. The van der Waals surface area contributed by atoms with Crippen LogP contribution in [-0.4, -0.2) is 50.7 Å². The van der Waals surface area contributed by atoms with Gasteiger partial charge in [-0.1, -0.05) is 6.07 Å². The molecule has 0 spiro atoms. The number of carbonyl (C=O) groups excluding carboxylic acids is 1. The molecule has 2 aliphatic rings. The number of hydrogen-bond acceptors (Lipinski definition) is 4. The van der Waals surface area contributed by atoms with Crippen LogP contribution in [0.4, 0.5) is 0 Å². The summed E-state index contributed by atoms with van der Waals surface area (Å²) in [6.45, 7) is 3.15. The number of benzene rings is 1. The number of nitrogens with zero attached hydrogens (tertiary/aromatic N) is 1. The van der Waals surface area contributed by atoms with Gasteiger partial charge in [0.15, 0.2) is 11.5 Å². The van der Waals surface area contributed by atoms with Crippen molar-refractivity contribution in [2.45, 2.75) is 63.8 Å². The summed E-state index contributed by atoms with van der Waals surface area (Å²) in [7, 11) is 3.33. The highest BCUT2D eigenvalue weighted by molar-refractivity contribution is 5.76. The average molecular weight is 389 g/mol. The van der Waals surface area contributed by atoms with E-state index in [-0.39, 0.29) is 0 Å². The number of piperidine rings is 2. The van der Waals surface area contributed by atoms with Crippen LogP contribution in [0.1, 0.15) is 56.9 Å². The minimum Gasteiger partial charge on any atom is -0.493 e. The Morgan fingerprint density at radius 2 is 1.86 bits per heavy atom. The number of aryl methyl sites for hydroxylation is 1. The molecule has 2 heterocycles. The first-order chi connectivity index (χ1) is 13.7. The highest BCUT2D eigenvalue weighted by Crippen LogP contribution is 2.29. The van der Waals surface area contributed by atoms with Crippen molar-refractivity contribution in [3.8, 4) is 11.5 Å². The molecule has 1 N–H and O–H groups in total. The number of ether oxygens (including phenoxy) is 2. The monoisotopic (exact) mass is 388 g/mol. The zero-order chi connectivity index (χ0) is 19.8. The third kappa shape index (κ3) is 5.63. The second-order valence-electron chi connectivity index (χ2n) is 8.20. The number of carbonyl (C=O) groups is 1. The largest absolute Gasteiger partial charge is 0.493 e. The van der Waals surface area contributed by atoms with Gasteiger partial charge < -0.3 is 19.7 Å². The van der Waals surface area contributed by atoms with Gasteiger partial charge in [-0.25, -0.2) is 0 Å². The third-order valence-electron chi connectivity index (χ3n) is 6.39. The molecule has 1 aromatic carbocycles. The topological polar surface area (TPSA) is 50.8 Å². The van der Waals surface area contributed by atoms with Crippen LogP contribution in [0.3, 0.4) is 0 Å². The van der Waals surface area contributed by atoms with E-state index >= 15 is 0 Å². The standard InChI is InChI=1S/C23H36N2O3/c1-27-21-10-7-19(17-22(21)28-2)6-9-20-5-3-4-16-25(20)23(26)11-8-18-12-14-24-15-13-18/h7,10,17-18,20,24H,3-6,8-9,11-16H2,1-2H3. The maximum absolute atomic E-state index is 12.9. The summed E-state index contributed by atoms with van der Waals surface area (Å²) < 4.78 is 10.8. The molecule has 1 unspecified atom stereocenters. The fraction of sp³-hybridized carbons (Fsp3) is 0.696. The van der Waals surface area contributed by atoms with E-state index in [1.807, 2.05) is 6.07 Å². The lowest BCUT2D eigenvalue weighted by Gasteiger charge is -2.36. The second kappa shape index (κ2) is 10.7. The molecule has 0 bridgehead atoms. The van der Waals surface area contributed by atoms with Crippen LogP contribution in [0.2, 0.25) is 0 Å². The lowest BCUT2D eigenvalue weighted by molar-refractivity contribution is -0.135. The van der Waals surface area contributed by atoms with Crippen molar-refractivity contribution in [2.75, 3.05) is 33.9 Å². The Labute approximate surface area is 169 Å². The normalized spacial score (nSPS) is 20.8. The van der Waals surface area contributed by atoms with E-state index in [4.69, 9.17) is 9.47 Å². The van der Waals surface area contributed by atoms with E-state index in [1.165, 1.54) is 24.8 Å². The first-order valence-corrected chi connectivity index (χ1v) is 10.9. The molecule has 1 amide bonds. The molecule has 1 aromatic rings. The summed E-state index contributed by atoms with van der Waals surface area (Å²) in [5.41, 5.74) is 1.24. The maximum atomic E-state index is 12.9. The molecule has 0 aliphatic carbocycles. The Kier molecular flexibility index (Phi) is 8.01. The molecule has 156 valence electrons. The predicted octanol–water partition coefficient (Wildman–Crippen LogP) is 3.80. The smallest absolute Gasteiger partial charge is 0.222 e. The Hall–Kier alpha value is -1.75. The van der Waals surface area contributed by atoms with Crippen molar-refractivity contribution >= 4 is 5.91 Å². The molecular formula is C23H36N2O3. The third-order valence-corrected chi connectivity index (χ3v) is 6.39. The minimum absolute atomic E-state index is 0.371. The van der Waals surface area contributed by atoms with E-state index in [9.17, 15) is 4.79 Å². The van der Waals surface area contributed by atoms with Crippen molar-refractivity contribution in [2.24, 2.45) is 5.92 Å². The summed E-state index contributed by atoms with van der Waals surface area (Å²) in [6, 6.07) is 6.51. The first-order valence-electron chi connectivity index (χ1n) is 10.9. The Balaban J connectivity index is 1.53. The van der Waals surface area contributed by atoms with Crippen molar-refractivity contribution < 1.29 is 14.3 Å². The number of hydrogen-bond donors (Lipinski definition) is 1. The van der Waals surface area contributed by atoms with Crippen LogP contribution in [0, 0.1) is 5.92 Å². The zero-order valence-electron chi connectivity index (χ0n) is 17.5. The van der Waals surface area contributed by atoms with Crippen molar-refractivity contribution in [1.82, 2.24) is 10.2 Å². The summed E-state index contributed by atoms with van der Waals surface area (Å²) >= 11 is 0. The molecule has 5 heteroatoms. The predicted molar refractivity (Wildman–Crippen MR) is 112 cm³/mol. The second-order valence-corrected chi connectivity index (χ2v) is 8.20. The summed E-state index contributed by atoms with van der Waals surface area (Å²) in [4.78, 5) is 15.1. The quantitative estimate of drug-likeness (QED) is 0.736. The van der Waals surface area contributed by atoms with Crippen LogP contribution < -0.4 is 14.8 Å². The molecule has 2 aliphatic heterocycles. The fourth-order valence-electron chi connectivity index (χ4n) is 4.64. The number of amides is 1. The van der Waals surface area contributed by atoms with Gasteiger partial charge >= 0.3 is 0 Å². The van der Waals surface area contributed by atoms with E-state index in [2.05, 4.69) is 22.3 Å². The van der Waals surface area contributed by atoms with Gasteiger partial charge in [-0.05, 0) is 88.1 Å². The van der Waals surface area contributed by atoms with Crippen molar-refractivity contribution in [3.63, 3.8) is 0 Å². The number of nitrogens with one attached hydrogen (secondary N) is 1. The number of likely N-dealkylation sites (tertiary alicyclic amines) is 1. The number of methoxy groups -OCH3 is 2.